The van der Waals surface area contributed by atoms with Gasteiger partial charge in [-0.05, 0) is 18.9 Å². The first-order valence-electron chi connectivity index (χ1n) is 7.84. The second-order valence-corrected chi connectivity index (χ2v) is 6.61. The van der Waals surface area contributed by atoms with Crippen LogP contribution in [-0.2, 0) is 0 Å². The van der Waals surface area contributed by atoms with Crippen LogP contribution in [0.15, 0.2) is 24.3 Å². The summed E-state index contributed by atoms with van der Waals surface area (Å²) in [4.78, 5) is 2.64. The number of hydrogen-bond donors (Lipinski definition) is 1. The van der Waals surface area contributed by atoms with Crippen LogP contribution >= 0.6 is 0 Å². The van der Waals surface area contributed by atoms with Crippen LogP contribution in [0.1, 0.15) is 32.3 Å². The highest BCUT2D eigenvalue weighted by atomic mass is 16.5. The third-order valence-corrected chi connectivity index (χ3v) is 4.79. The molecule has 1 saturated heterocycles. The number of benzene rings is 1. The summed E-state index contributed by atoms with van der Waals surface area (Å²) >= 11 is 0. The molecule has 3 atom stereocenters. The maximum Gasteiger partial charge on any atom is 0.122 e. The molecule has 1 aromatic carbocycles. The van der Waals surface area contributed by atoms with Crippen LogP contribution in [0.25, 0.3) is 0 Å². The molecule has 0 saturated carbocycles. The maximum absolute atomic E-state index is 5.82. The van der Waals surface area contributed by atoms with Crippen LogP contribution in [0.2, 0.25) is 0 Å². The predicted octanol–water partition coefficient (Wildman–Crippen LogP) is 2.48. The summed E-state index contributed by atoms with van der Waals surface area (Å²) in [6.07, 6.45) is 0. The van der Waals surface area contributed by atoms with Gasteiger partial charge in [0.15, 0.2) is 0 Å². The van der Waals surface area contributed by atoms with E-state index in [1.807, 2.05) is 0 Å². The first-order chi connectivity index (χ1) is 9.65. The molecule has 3 nitrogen and oxygen atoms in total. The third kappa shape index (κ3) is 2.70. The average molecular weight is 274 g/mol. The maximum atomic E-state index is 5.82. The number of hydrogen-bond acceptors (Lipinski definition) is 3. The van der Waals surface area contributed by atoms with Crippen LogP contribution in [0.5, 0.6) is 5.75 Å². The Morgan fingerprint density at radius 1 is 1.35 bits per heavy atom. The van der Waals surface area contributed by atoms with Crippen molar-refractivity contribution in [3.05, 3.63) is 29.8 Å². The number of nitrogens with zero attached hydrogens (tertiary/aromatic N) is 1. The van der Waals surface area contributed by atoms with Gasteiger partial charge in [0.25, 0.3) is 0 Å². The van der Waals surface area contributed by atoms with E-state index in [9.17, 15) is 0 Å². The van der Waals surface area contributed by atoms with Crippen molar-refractivity contribution in [2.24, 2.45) is 5.92 Å². The lowest BCUT2D eigenvalue weighted by Crippen LogP contribution is -2.57. The quantitative estimate of drug-likeness (QED) is 0.916. The minimum absolute atomic E-state index is 0.527. The highest BCUT2D eigenvalue weighted by Gasteiger charge is 2.31. The zero-order chi connectivity index (χ0) is 14.1. The smallest absolute Gasteiger partial charge is 0.122 e. The first-order valence-corrected chi connectivity index (χ1v) is 7.84. The van der Waals surface area contributed by atoms with Gasteiger partial charge in [0.1, 0.15) is 5.75 Å². The van der Waals surface area contributed by atoms with Crippen molar-refractivity contribution in [1.82, 2.24) is 10.2 Å². The Labute approximate surface area is 122 Å². The second kappa shape index (κ2) is 5.74. The number of fused-ring (bicyclic) bond motifs is 1. The van der Waals surface area contributed by atoms with E-state index in [0.717, 1.165) is 32.0 Å². The summed E-state index contributed by atoms with van der Waals surface area (Å²) in [7, 11) is 0. The Morgan fingerprint density at radius 3 is 2.95 bits per heavy atom. The van der Waals surface area contributed by atoms with Crippen molar-refractivity contribution in [3.8, 4) is 5.75 Å². The molecule has 0 aliphatic carbocycles. The lowest BCUT2D eigenvalue weighted by atomic mass is 9.96. The molecule has 3 heteroatoms. The molecule has 0 aromatic heterocycles. The molecule has 3 unspecified atom stereocenters. The monoisotopic (exact) mass is 274 g/mol. The van der Waals surface area contributed by atoms with E-state index in [0.29, 0.717) is 23.9 Å². The third-order valence-electron chi connectivity index (χ3n) is 4.79. The molecule has 2 heterocycles. The van der Waals surface area contributed by atoms with Crippen LogP contribution < -0.4 is 10.1 Å². The van der Waals surface area contributed by atoms with Gasteiger partial charge >= 0.3 is 0 Å². The Kier molecular flexibility index (Phi) is 3.99. The topological polar surface area (TPSA) is 24.5 Å². The van der Waals surface area contributed by atoms with Gasteiger partial charge in [-0.3, -0.25) is 4.90 Å². The van der Waals surface area contributed by atoms with E-state index in [4.69, 9.17) is 4.74 Å². The number of rotatable bonds is 3. The fourth-order valence-electron chi connectivity index (χ4n) is 3.31. The zero-order valence-electron chi connectivity index (χ0n) is 12.8. The normalized spacial score (nSPS) is 30.3. The molecular weight excluding hydrogens is 248 g/mol. The lowest BCUT2D eigenvalue weighted by Gasteiger charge is -2.41. The SMILES string of the molecule is CC(C)C1CN(CC2COc3ccccc32)C(C)CN1. The molecule has 0 amide bonds. The average Bonchev–Trinajstić information content (AvgIpc) is 2.84. The minimum atomic E-state index is 0.527. The zero-order valence-corrected chi connectivity index (χ0v) is 12.8. The lowest BCUT2D eigenvalue weighted by molar-refractivity contribution is 0.112. The molecule has 1 N–H and O–H groups in total. The van der Waals surface area contributed by atoms with Gasteiger partial charge in [-0.25, -0.2) is 0 Å². The highest BCUT2D eigenvalue weighted by molar-refractivity contribution is 5.39. The predicted molar refractivity (Wildman–Crippen MR) is 82.3 cm³/mol. The van der Waals surface area contributed by atoms with Crippen LogP contribution in [0.3, 0.4) is 0 Å². The van der Waals surface area contributed by atoms with Crippen molar-refractivity contribution in [2.45, 2.75) is 38.8 Å². The molecule has 110 valence electrons. The van der Waals surface area contributed by atoms with Crippen LogP contribution in [-0.4, -0.2) is 43.2 Å². The van der Waals surface area contributed by atoms with Crippen molar-refractivity contribution in [1.29, 1.82) is 0 Å². The Morgan fingerprint density at radius 2 is 2.15 bits per heavy atom. The molecule has 0 radical (unpaired) electrons. The highest BCUT2D eigenvalue weighted by Crippen LogP contribution is 2.34. The largest absolute Gasteiger partial charge is 0.493 e. The van der Waals surface area contributed by atoms with Gasteiger partial charge in [0, 0.05) is 43.2 Å². The molecule has 3 rings (SSSR count). The van der Waals surface area contributed by atoms with E-state index in [2.05, 4.69) is 55.3 Å². The first kappa shape index (κ1) is 13.9. The van der Waals surface area contributed by atoms with Gasteiger partial charge in [-0.2, -0.15) is 0 Å². The minimum Gasteiger partial charge on any atom is -0.493 e. The van der Waals surface area contributed by atoms with Crippen molar-refractivity contribution in [3.63, 3.8) is 0 Å². The van der Waals surface area contributed by atoms with Gasteiger partial charge in [0.2, 0.25) is 0 Å². The van der Waals surface area contributed by atoms with Gasteiger partial charge in [-0.15, -0.1) is 0 Å². The summed E-state index contributed by atoms with van der Waals surface area (Å²) < 4.78 is 5.82. The fourth-order valence-corrected chi connectivity index (χ4v) is 3.31. The van der Waals surface area contributed by atoms with E-state index in [1.165, 1.54) is 5.56 Å². The Balaban J connectivity index is 1.68. The van der Waals surface area contributed by atoms with Crippen molar-refractivity contribution >= 4 is 0 Å². The summed E-state index contributed by atoms with van der Waals surface area (Å²) in [5, 5.41) is 3.67. The van der Waals surface area contributed by atoms with Crippen molar-refractivity contribution in [2.75, 3.05) is 26.2 Å². The van der Waals surface area contributed by atoms with Gasteiger partial charge in [0.05, 0.1) is 6.61 Å². The van der Waals surface area contributed by atoms with Crippen LogP contribution in [0.4, 0.5) is 0 Å². The molecular formula is C17H26N2O. The Bertz CT molecular complexity index is 460. The number of piperazine rings is 1. The molecule has 0 bridgehead atoms. The number of nitrogens with one attached hydrogen (secondary N) is 1. The Hall–Kier alpha value is -1.06. The molecule has 1 aromatic rings. The molecule has 2 aliphatic heterocycles. The number of ether oxygens (including phenoxy) is 1. The summed E-state index contributed by atoms with van der Waals surface area (Å²) in [5.74, 6) is 2.30. The fraction of sp³-hybridized carbons (Fsp3) is 0.647. The standard InChI is InChI=1S/C17H26N2O/c1-12(2)16-10-19(13(3)8-18-16)9-14-11-20-17-7-5-4-6-15(14)17/h4-7,12-14,16,18H,8-11H2,1-3H3. The van der Waals surface area contributed by atoms with Crippen molar-refractivity contribution < 1.29 is 4.74 Å². The molecule has 2 aliphatic rings. The van der Waals surface area contributed by atoms with E-state index >= 15 is 0 Å². The molecule has 20 heavy (non-hydrogen) atoms. The summed E-state index contributed by atoms with van der Waals surface area (Å²) in [6, 6.07) is 9.72. The summed E-state index contributed by atoms with van der Waals surface area (Å²) in [6.45, 7) is 11.1. The summed E-state index contributed by atoms with van der Waals surface area (Å²) in [5.41, 5.74) is 1.39. The second-order valence-electron chi connectivity index (χ2n) is 6.61. The molecule has 0 spiro atoms. The van der Waals surface area contributed by atoms with E-state index < -0.39 is 0 Å². The number of para-hydroxylation sites is 1. The van der Waals surface area contributed by atoms with E-state index in [-0.39, 0.29) is 0 Å². The van der Waals surface area contributed by atoms with Crippen LogP contribution in [0, 0.1) is 5.92 Å². The molecule has 1 fully saturated rings. The van der Waals surface area contributed by atoms with E-state index in [1.54, 1.807) is 0 Å². The van der Waals surface area contributed by atoms with Gasteiger partial charge < -0.3 is 10.1 Å². The van der Waals surface area contributed by atoms with Gasteiger partial charge in [-0.1, -0.05) is 32.0 Å².